The van der Waals surface area contributed by atoms with Crippen LogP contribution in [0.15, 0.2) is 54.6 Å². The molecule has 0 amide bonds. The zero-order valence-corrected chi connectivity index (χ0v) is 12.4. The van der Waals surface area contributed by atoms with Crippen LogP contribution in [0.3, 0.4) is 0 Å². The Bertz CT molecular complexity index is 874. The van der Waals surface area contributed by atoms with Crippen molar-refractivity contribution in [1.82, 2.24) is 0 Å². The summed E-state index contributed by atoms with van der Waals surface area (Å²) >= 11 is 0. The standard InChI is InChI=1S/C20H16FN/c1-2-3-14-4-5-16-11-17(7-6-15(16)10-14)18-8-9-19(13-22)20(21)12-18/h4-12H,2-3H2,1H3. The number of nitrogens with zero attached hydrogens (tertiary/aromatic N) is 1. The lowest BCUT2D eigenvalue weighted by Crippen LogP contribution is -1.87. The normalized spacial score (nSPS) is 10.6. The summed E-state index contributed by atoms with van der Waals surface area (Å²) in [4.78, 5) is 0. The second-order valence-electron chi connectivity index (χ2n) is 5.45. The Balaban J connectivity index is 2.03. The molecule has 3 aromatic carbocycles. The molecule has 0 spiro atoms. The Kier molecular flexibility index (Phi) is 3.89. The highest BCUT2D eigenvalue weighted by Gasteiger charge is 2.05. The summed E-state index contributed by atoms with van der Waals surface area (Å²) < 4.78 is 13.8. The monoisotopic (exact) mass is 289 g/mol. The van der Waals surface area contributed by atoms with E-state index in [-0.39, 0.29) is 5.56 Å². The molecule has 2 heteroatoms. The van der Waals surface area contributed by atoms with E-state index in [1.54, 1.807) is 6.07 Å². The number of benzene rings is 3. The van der Waals surface area contributed by atoms with Crippen LogP contribution in [-0.4, -0.2) is 0 Å². The first-order valence-corrected chi connectivity index (χ1v) is 7.44. The minimum atomic E-state index is -0.474. The quantitative estimate of drug-likeness (QED) is 0.627. The lowest BCUT2D eigenvalue weighted by molar-refractivity contribution is 0.624. The predicted molar refractivity (Wildman–Crippen MR) is 88.1 cm³/mol. The Morgan fingerprint density at radius 1 is 0.909 bits per heavy atom. The molecule has 22 heavy (non-hydrogen) atoms. The zero-order chi connectivity index (χ0) is 15.5. The molecule has 0 aromatic heterocycles. The van der Waals surface area contributed by atoms with Gasteiger partial charge in [-0.05, 0) is 52.1 Å². The number of fused-ring (bicyclic) bond motifs is 1. The van der Waals surface area contributed by atoms with Crippen LogP contribution in [-0.2, 0) is 6.42 Å². The predicted octanol–water partition coefficient (Wildman–Crippen LogP) is 5.47. The summed E-state index contributed by atoms with van der Waals surface area (Å²) in [5.41, 5.74) is 3.16. The number of hydrogen-bond donors (Lipinski definition) is 0. The third-order valence-electron chi connectivity index (χ3n) is 3.87. The highest BCUT2D eigenvalue weighted by molar-refractivity contribution is 5.88. The van der Waals surface area contributed by atoms with Gasteiger partial charge in [-0.2, -0.15) is 5.26 Å². The molecule has 108 valence electrons. The van der Waals surface area contributed by atoms with Crippen LogP contribution in [0.2, 0.25) is 0 Å². The summed E-state index contributed by atoms with van der Waals surface area (Å²) in [7, 11) is 0. The molecule has 0 aliphatic carbocycles. The molecule has 0 N–H and O–H groups in total. The van der Waals surface area contributed by atoms with E-state index >= 15 is 0 Å². The smallest absolute Gasteiger partial charge is 0.141 e. The van der Waals surface area contributed by atoms with Gasteiger partial charge in [-0.25, -0.2) is 4.39 Å². The molecule has 0 heterocycles. The molecule has 0 aliphatic rings. The fraction of sp³-hybridized carbons (Fsp3) is 0.150. The molecule has 3 rings (SSSR count). The minimum absolute atomic E-state index is 0.0775. The van der Waals surface area contributed by atoms with Gasteiger partial charge in [0.2, 0.25) is 0 Å². The van der Waals surface area contributed by atoms with E-state index in [2.05, 4.69) is 37.3 Å². The number of rotatable bonds is 3. The van der Waals surface area contributed by atoms with E-state index < -0.39 is 5.82 Å². The van der Waals surface area contributed by atoms with E-state index in [1.807, 2.05) is 12.1 Å². The fourth-order valence-corrected chi connectivity index (χ4v) is 2.70. The molecule has 3 aromatic rings. The first-order valence-electron chi connectivity index (χ1n) is 7.44. The molecule has 0 fully saturated rings. The van der Waals surface area contributed by atoms with Crippen molar-refractivity contribution in [2.45, 2.75) is 19.8 Å². The molecule has 1 nitrogen and oxygen atoms in total. The van der Waals surface area contributed by atoms with Crippen LogP contribution in [0.1, 0.15) is 24.5 Å². The van der Waals surface area contributed by atoms with E-state index in [0.717, 1.165) is 29.4 Å². The van der Waals surface area contributed by atoms with Gasteiger partial charge in [-0.3, -0.25) is 0 Å². The molecule has 0 aliphatic heterocycles. The number of hydrogen-bond acceptors (Lipinski definition) is 1. The molecular formula is C20H16FN. The average Bonchev–Trinajstić information content (AvgIpc) is 2.54. The number of aryl methyl sites for hydroxylation is 1. The van der Waals surface area contributed by atoms with Gasteiger partial charge in [0.25, 0.3) is 0 Å². The molecule has 0 bridgehead atoms. The van der Waals surface area contributed by atoms with E-state index in [1.165, 1.54) is 23.1 Å². The highest BCUT2D eigenvalue weighted by atomic mass is 19.1. The van der Waals surface area contributed by atoms with Gasteiger partial charge in [0.1, 0.15) is 11.9 Å². The number of halogens is 1. The average molecular weight is 289 g/mol. The summed E-state index contributed by atoms with van der Waals surface area (Å²) in [6.07, 6.45) is 2.21. The van der Waals surface area contributed by atoms with Gasteiger partial charge in [0, 0.05) is 0 Å². The Morgan fingerprint density at radius 3 is 2.32 bits per heavy atom. The lowest BCUT2D eigenvalue weighted by Gasteiger charge is -2.07. The van der Waals surface area contributed by atoms with Crippen LogP contribution >= 0.6 is 0 Å². The zero-order valence-electron chi connectivity index (χ0n) is 12.4. The van der Waals surface area contributed by atoms with Crippen LogP contribution in [0.25, 0.3) is 21.9 Å². The lowest BCUT2D eigenvalue weighted by atomic mass is 9.98. The summed E-state index contributed by atoms with van der Waals surface area (Å²) in [6, 6.07) is 19.2. The van der Waals surface area contributed by atoms with Crippen molar-refractivity contribution in [2.75, 3.05) is 0 Å². The maximum Gasteiger partial charge on any atom is 0.141 e. The van der Waals surface area contributed by atoms with E-state index in [9.17, 15) is 4.39 Å². The summed E-state index contributed by atoms with van der Waals surface area (Å²) in [6.45, 7) is 2.17. The van der Waals surface area contributed by atoms with Gasteiger partial charge in [-0.15, -0.1) is 0 Å². The van der Waals surface area contributed by atoms with Crippen molar-refractivity contribution in [1.29, 1.82) is 5.26 Å². The van der Waals surface area contributed by atoms with Crippen LogP contribution in [0.5, 0.6) is 0 Å². The van der Waals surface area contributed by atoms with Gasteiger partial charge in [-0.1, -0.05) is 49.7 Å². The van der Waals surface area contributed by atoms with Crippen molar-refractivity contribution < 1.29 is 4.39 Å². The van der Waals surface area contributed by atoms with Crippen molar-refractivity contribution in [2.24, 2.45) is 0 Å². The highest BCUT2D eigenvalue weighted by Crippen LogP contribution is 2.26. The maximum atomic E-state index is 13.8. The molecule has 0 saturated carbocycles. The van der Waals surface area contributed by atoms with Crippen LogP contribution in [0, 0.1) is 17.1 Å². The minimum Gasteiger partial charge on any atom is -0.206 e. The number of nitriles is 1. The van der Waals surface area contributed by atoms with Crippen molar-refractivity contribution >= 4 is 10.8 Å². The first-order chi connectivity index (χ1) is 10.7. The van der Waals surface area contributed by atoms with Gasteiger partial charge in [0.05, 0.1) is 5.56 Å². The molecular weight excluding hydrogens is 273 g/mol. The Hall–Kier alpha value is -2.66. The Morgan fingerprint density at radius 2 is 1.59 bits per heavy atom. The van der Waals surface area contributed by atoms with Gasteiger partial charge < -0.3 is 0 Å². The van der Waals surface area contributed by atoms with Gasteiger partial charge >= 0.3 is 0 Å². The summed E-state index contributed by atoms with van der Waals surface area (Å²) in [5, 5.41) is 11.1. The summed E-state index contributed by atoms with van der Waals surface area (Å²) in [5.74, 6) is -0.474. The third kappa shape index (κ3) is 2.71. The van der Waals surface area contributed by atoms with Crippen LogP contribution in [0.4, 0.5) is 4.39 Å². The second-order valence-corrected chi connectivity index (χ2v) is 5.45. The van der Waals surface area contributed by atoms with E-state index in [0.29, 0.717) is 0 Å². The van der Waals surface area contributed by atoms with Crippen LogP contribution < -0.4 is 0 Å². The fourth-order valence-electron chi connectivity index (χ4n) is 2.70. The van der Waals surface area contributed by atoms with Crippen molar-refractivity contribution in [3.05, 3.63) is 71.5 Å². The van der Waals surface area contributed by atoms with Crippen molar-refractivity contribution in [3.63, 3.8) is 0 Å². The largest absolute Gasteiger partial charge is 0.206 e. The second kappa shape index (κ2) is 5.99. The maximum absolute atomic E-state index is 13.8. The molecule has 0 unspecified atom stereocenters. The molecule has 0 saturated heterocycles. The molecule has 0 atom stereocenters. The van der Waals surface area contributed by atoms with Crippen molar-refractivity contribution in [3.8, 4) is 17.2 Å². The van der Waals surface area contributed by atoms with Gasteiger partial charge in [0.15, 0.2) is 0 Å². The topological polar surface area (TPSA) is 23.8 Å². The van der Waals surface area contributed by atoms with E-state index in [4.69, 9.17) is 5.26 Å². The first kappa shape index (κ1) is 14.3. The third-order valence-corrected chi connectivity index (χ3v) is 3.87. The molecule has 0 radical (unpaired) electrons. The SMILES string of the molecule is CCCc1ccc2cc(-c3ccc(C#N)c(F)c3)ccc2c1. The Labute approximate surface area is 129 Å².